The number of carbonyl (C=O) groups is 1. The third kappa shape index (κ3) is 6.73. The number of benzene rings is 2. The predicted octanol–water partition coefficient (Wildman–Crippen LogP) is 6.22. The largest absolute Gasteiger partial charge is 0.462 e. The summed E-state index contributed by atoms with van der Waals surface area (Å²) in [6.07, 6.45) is 1.17. The van der Waals surface area contributed by atoms with Gasteiger partial charge in [0, 0.05) is 42.5 Å². The number of nitriles is 2. The molecule has 13 heteroatoms. The Morgan fingerprint density at radius 3 is 1.77 bits per heavy atom. The first-order valence-electron chi connectivity index (χ1n) is 15.2. The maximum Gasteiger partial charge on any atom is 0.339 e. The Bertz CT molecular complexity index is 2050. The molecule has 12 nitrogen and oxygen atoms in total. The van der Waals surface area contributed by atoms with Crippen LogP contribution in [-0.2, 0) is 39.7 Å². The number of aryl methyl sites for hydroxylation is 4. The van der Waals surface area contributed by atoms with E-state index in [1.807, 2.05) is 76.8 Å². The summed E-state index contributed by atoms with van der Waals surface area (Å²) in [5, 5.41) is 35.7. The van der Waals surface area contributed by atoms with Gasteiger partial charge in [-0.3, -0.25) is 9.36 Å². The van der Waals surface area contributed by atoms with Crippen molar-refractivity contribution in [2.75, 3.05) is 6.61 Å². The molecule has 0 N–H and O–H groups in total. The lowest BCUT2D eigenvalue weighted by molar-refractivity contribution is -0.0137. The molecule has 2 aromatic heterocycles. The average Bonchev–Trinajstić information content (AvgIpc) is 3.83. The number of esters is 1. The summed E-state index contributed by atoms with van der Waals surface area (Å²) in [5.41, 5.74) is 6.92. The van der Waals surface area contributed by atoms with Gasteiger partial charge in [0.1, 0.15) is 12.1 Å². The van der Waals surface area contributed by atoms with Crippen molar-refractivity contribution in [2.45, 2.75) is 58.7 Å². The molecule has 0 fully saturated rings. The molecule has 0 amide bonds. The number of ether oxygens (including phenoxy) is 1. The van der Waals surface area contributed by atoms with Gasteiger partial charge in [0.05, 0.1) is 57.5 Å². The molecule has 2 aliphatic heterocycles. The highest BCUT2D eigenvalue weighted by molar-refractivity contribution is 9.10. The average molecular weight is 712 g/mol. The number of carbonyl (C=O) groups excluding carboxylic acids is 1. The summed E-state index contributed by atoms with van der Waals surface area (Å²) < 4.78 is 9.39. The molecule has 6 rings (SSSR count). The summed E-state index contributed by atoms with van der Waals surface area (Å²) in [7, 11) is 3.78. The Morgan fingerprint density at radius 2 is 1.33 bits per heavy atom. The number of rotatable bonds is 6. The van der Waals surface area contributed by atoms with E-state index in [-0.39, 0.29) is 17.7 Å². The minimum Gasteiger partial charge on any atom is -0.462 e. The van der Waals surface area contributed by atoms with E-state index in [1.54, 1.807) is 29.8 Å². The van der Waals surface area contributed by atoms with Gasteiger partial charge in [0.15, 0.2) is 11.2 Å². The zero-order chi connectivity index (χ0) is 34.8. The van der Waals surface area contributed by atoms with Crippen molar-refractivity contribution in [3.8, 4) is 12.1 Å². The minimum absolute atomic E-state index is 0.252. The van der Waals surface area contributed by atoms with E-state index in [9.17, 15) is 10.1 Å². The second-order valence-corrected chi connectivity index (χ2v) is 12.9. The van der Waals surface area contributed by atoms with Gasteiger partial charge in [-0.2, -0.15) is 20.7 Å². The predicted molar refractivity (Wildman–Crippen MR) is 181 cm³/mol. The maximum absolute atomic E-state index is 11.9. The van der Waals surface area contributed by atoms with E-state index in [2.05, 4.69) is 48.6 Å². The van der Waals surface area contributed by atoms with E-state index in [1.165, 1.54) is 0 Å². The highest BCUT2D eigenvalue weighted by Gasteiger charge is 2.40. The van der Waals surface area contributed by atoms with Crippen LogP contribution in [0.4, 0.5) is 0 Å². The molecule has 2 aliphatic rings. The Hall–Kier alpha value is -5.27. The number of halogens is 1. The first-order chi connectivity index (χ1) is 22.8. The molecule has 2 unspecified atom stereocenters. The van der Waals surface area contributed by atoms with Gasteiger partial charge in [0.25, 0.3) is 0 Å². The van der Waals surface area contributed by atoms with Crippen molar-refractivity contribution in [1.82, 2.24) is 19.6 Å². The molecule has 4 heterocycles. The lowest BCUT2D eigenvalue weighted by Gasteiger charge is -2.21. The standard InChI is InChI=1S/C19H20N4O3.C16H15BrN4O/c1-5-25-18(24)15-7-6-13(9-14(15)11-20)16-10-19(3,26-22-16)17-8-12(2)21-23(17)4;1-10-6-15(21(3)19-10)16(2)8-14(20-22-16)11-4-5-13(17)12(7-11)9-18/h6-9H,5,10H2,1-4H3;4-7H,8H2,1-3H3. The van der Waals surface area contributed by atoms with E-state index in [0.717, 1.165) is 49.8 Å². The maximum atomic E-state index is 11.9. The van der Waals surface area contributed by atoms with Crippen LogP contribution in [0.3, 0.4) is 0 Å². The van der Waals surface area contributed by atoms with Crippen LogP contribution >= 0.6 is 15.9 Å². The second-order valence-electron chi connectivity index (χ2n) is 12.1. The molecule has 0 spiro atoms. The fraction of sp³-hybridized carbons (Fsp3) is 0.343. The number of hydrogen-bond acceptors (Lipinski definition) is 10. The van der Waals surface area contributed by atoms with Crippen LogP contribution in [0.1, 0.15) is 89.0 Å². The van der Waals surface area contributed by atoms with Gasteiger partial charge in [-0.1, -0.05) is 22.4 Å². The first kappa shape index (κ1) is 34.1. The van der Waals surface area contributed by atoms with Crippen molar-refractivity contribution < 1.29 is 19.2 Å². The highest BCUT2D eigenvalue weighted by atomic mass is 79.9. The number of aromatic nitrogens is 4. The molecule has 2 atom stereocenters. The molecule has 2 aromatic carbocycles. The third-order valence-corrected chi connectivity index (χ3v) is 8.89. The van der Waals surface area contributed by atoms with Gasteiger partial charge >= 0.3 is 5.97 Å². The van der Waals surface area contributed by atoms with E-state index >= 15 is 0 Å². The van der Waals surface area contributed by atoms with E-state index in [4.69, 9.17) is 19.7 Å². The molecule has 48 heavy (non-hydrogen) atoms. The number of nitrogens with zero attached hydrogens (tertiary/aromatic N) is 8. The summed E-state index contributed by atoms with van der Waals surface area (Å²) in [5.74, 6) is -0.504. The molecule has 0 aliphatic carbocycles. The zero-order valence-electron chi connectivity index (χ0n) is 27.8. The van der Waals surface area contributed by atoms with Crippen LogP contribution in [0.15, 0.2) is 63.3 Å². The van der Waals surface area contributed by atoms with E-state index in [0.29, 0.717) is 18.4 Å². The zero-order valence-corrected chi connectivity index (χ0v) is 29.4. The molecular weight excluding hydrogens is 676 g/mol. The summed E-state index contributed by atoms with van der Waals surface area (Å²) in [4.78, 5) is 23.4. The normalized spacial score (nSPS) is 19.5. The molecular formula is C35H35BrN8O4. The molecule has 0 saturated heterocycles. The first-order valence-corrected chi connectivity index (χ1v) is 16.0. The van der Waals surface area contributed by atoms with Gasteiger partial charge in [-0.25, -0.2) is 4.79 Å². The molecule has 0 radical (unpaired) electrons. The van der Waals surface area contributed by atoms with Gasteiger partial charge < -0.3 is 14.4 Å². The van der Waals surface area contributed by atoms with Crippen molar-refractivity contribution >= 4 is 33.3 Å². The second kappa shape index (κ2) is 13.5. The van der Waals surface area contributed by atoms with Crippen molar-refractivity contribution in [3.63, 3.8) is 0 Å². The van der Waals surface area contributed by atoms with Crippen molar-refractivity contribution in [3.05, 3.63) is 104 Å². The Labute approximate surface area is 287 Å². The SMILES string of the molecule is CCOC(=O)c1ccc(C2=NOC(C)(c3cc(C)nn3C)C2)cc1C#N.Cc1cc(C2(C)CC(c3ccc(Br)c(C#N)c3)=NO2)n(C)n1. The van der Waals surface area contributed by atoms with Crippen LogP contribution in [0.25, 0.3) is 0 Å². The summed E-state index contributed by atoms with van der Waals surface area (Å²) in [6, 6.07) is 18.8. The molecule has 246 valence electrons. The van der Waals surface area contributed by atoms with Crippen LogP contribution in [-0.4, -0.2) is 43.6 Å². The number of hydrogen-bond donors (Lipinski definition) is 0. The Kier molecular flexibility index (Phi) is 9.55. The van der Waals surface area contributed by atoms with Crippen LogP contribution in [0, 0.1) is 36.5 Å². The molecule has 4 aromatic rings. The lowest BCUT2D eigenvalue weighted by atomic mass is 9.91. The lowest BCUT2D eigenvalue weighted by Crippen LogP contribution is -2.25. The van der Waals surface area contributed by atoms with Gasteiger partial charge in [-0.15, -0.1) is 0 Å². The van der Waals surface area contributed by atoms with Crippen LogP contribution in [0.5, 0.6) is 0 Å². The van der Waals surface area contributed by atoms with Crippen LogP contribution < -0.4 is 0 Å². The molecule has 0 saturated carbocycles. The van der Waals surface area contributed by atoms with Crippen molar-refractivity contribution in [1.29, 1.82) is 10.5 Å². The third-order valence-electron chi connectivity index (χ3n) is 8.20. The summed E-state index contributed by atoms with van der Waals surface area (Å²) in [6.45, 7) is 9.83. The fourth-order valence-corrected chi connectivity index (χ4v) is 6.20. The topological polar surface area (TPSA) is 153 Å². The van der Waals surface area contributed by atoms with Gasteiger partial charge in [-0.05, 0) is 86.9 Å². The molecule has 0 bridgehead atoms. The quantitative estimate of drug-likeness (QED) is 0.214. The fourth-order valence-electron chi connectivity index (χ4n) is 5.87. The van der Waals surface area contributed by atoms with Gasteiger partial charge in [0.2, 0.25) is 0 Å². The van der Waals surface area contributed by atoms with Crippen LogP contribution in [0.2, 0.25) is 0 Å². The minimum atomic E-state index is -0.627. The summed E-state index contributed by atoms with van der Waals surface area (Å²) >= 11 is 3.37. The smallest absolute Gasteiger partial charge is 0.339 e. The Morgan fingerprint density at radius 1 is 0.854 bits per heavy atom. The van der Waals surface area contributed by atoms with E-state index < -0.39 is 17.2 Å². The monoisotopic (exact) mass is 710 g/mol. The van der Waals surface area contributed by atoms with Crippen molar-refractivity contribution in [2.24, 2.45) is 24.4 Å². The Balaban J connectivity index is 0.000000190. The highest BCUT2D eigenvalue weighted by Crippen LogP contribution is 2.37. The number of oxime groups is 2.